The zero-order valence-electron chi connectivity index (χ0n) is 9.64. The highest BCUT2D eigenvalue weighted by molar-refractivity contribution is 5.93. The second-order valence-electron chi connectivity index (χ2n) is 3.54. The van der Waals surface area contributed by atoms with Crippen molar-refractivity contribution in [1.29, 1.82) is 0 Å². The highest BCUT2D eigenvalue weighted by Gasteiger charge is 2.22. The van der Waals surface area contributed by atoms with Gasteiger partial charge >= 0.3 is 11.9 Å². The van der Waals surface area contributed by atoms with Crippen LogP contribution in [0, 0.1) is 6.92 Å². The first kappa shape index (κ1) is 13.0. The number of carboxylic acid groups (broad SMARTS) is 1. The summed E-state index contributed by atoms with van der Waals surface area (Å²) in [6.45, 7) is 3.24. The molecule has 0 aliphatic carbocycles. The maximum Gasteiger partial charge on any atom is 0.345 e. The van der Waals surface area contributed by atoms with Crippen LogP contribution in [-0.2, 0) is 9.53 Å². The zero-order valence-corrected chi connectivity index (χ0v) is 9.64. The molecule has 1 aromatic rings. The monoisotopic (exact) mass is 238 g/mol. The highest BCUT2D eigenvalue weighted by atomic mass is 16.6. The van der Waals surface area contributed by atoms with E-state index in [2.05, 4.69) is 4.98 Å². The SMILES string of the molecule is CCC(OC(=O)c1cc(N)cnc1C)C(=O)O. The van der Waals surface area contributed by atoms with Crippen LogP contribution >= 0.6 is 0 Å². The average Bonchev–Trinajstić information content (AvgIpc) is 2.28. The summed E-state index contributed by atoms with van der Waals surface area (Å²) in [5, 5.41) is 8.78. The number of aromatic nitrogens is 1. The molecule has 0 aromatic carbocycles. The predicted octanol–water partition coefficient (Wildman–Crippen LogP) is 0.992. The number of nitrogen functional groups attached to an aromatic ring is 1. The molecule has 0 fully saturated rings. The fourth-order valence-corrected chi connectivity index (χ4v) is 1.26. The third kappa shape index (κ3) is 3.17. The Balaban J connectivity index is 2.89. The molecule has 0 saturated carbocycles. The number of nitrogens with two attached hydrogens (primary N) is 1. The predicted molar refractivity (Wildman–Crippen MR) is 60.5 cm³/mol. The summed E-state index contributed by atoms with van der Waals surface area (Å²) >= 11 is 0. The number of nitrogens with zero attached hydrogens (tertiary/aromatic N) is 1. The van der Waals surface area contributed by atoms with Gasteiger partial charge in [-0.25, -0.2) is 9.59 Å². The van der Waals surface area contributed by atoms with Gasteiger partial charge in [0.05, 0.1) is 23.1 Å². The van der Waals surface area contributed by atoms with Crippen LogP contribution in [0.4, 0.5) is 5.69 Å². The first-order chi connectivity index (χ1) is 7.95. The molecule has 6 nitrogen and oxygen atoms in total. The van der Waals surface area contributed by atoms with Gasteiger partial charge in [0.1, 0.15) is 0 Å². The molecule has 0 spiro atoms. The molecule has 0 aliphatic heterocycles. The van der Waals surface area contributed by atoms with E-state index in [1.54, 1.807) is 13.8 Å². The number of carbonyl (C=O) groups is 2. The molecule has 1 unspecified atom stereocenters. The summed E-state index contributed by atoms with van der Waals surface area (Å²) in [5.41, 5.74) is 6.46. The van der Waals surface area contributed by atoms with E-state index in [4.69, 9.17) is 15.6 Å². The van der Waals surface area contributed by atoms with E-state index in [0.717, 1.165) is 0 Å². The minimum atomic E-state index is -1.17. The molecule has 1 heterocycles. The lowest BCUT2D eigenvalue weighted by molar-refractivity contribution is -0.147. The van der Waals surface area contributed by atoms with Gasteiger partial charge in [0.15, 0.2) is 6.10 Å². The van der Waals surface area contributed by atoms with Crippen molar-refractivity contribution < 1.29 is 19.4 Å². The van der Waals surface area contributed by atoms with Crippen molar-refractivity contribution in [1.82, 2.24) is 4.98 Å². The first-order valence-corrected chi connectivity index (χ1v) is 5.11. The number of hydrogen-bond acceptors (Lipinski definition) is 5. The molecule has 1 rings (SSSR count). The summed E-state index contributed by atoms with van der Waals surface area (Å²) in [6.07, 6.45) is 0.472. The lowest BCUT2D eigenvalue weighted by Crippen LogP contribution is -2.26. The Morgan fingerprint density at radius 1 is 1.59 bits per heavy atom. The van der Waals surface area contributed by atoms with Gasteiger partial charge in [0.25, 0.3) is 0 Å². The summed E-state index contributed by atoms with van der Waals surface area (Å²) in [6, 6.07) is 1.42. The number of ether oxygens (including phenoxy) is 1. The Bertz CT molecular complexity index is 445. The highest BCUT2D eigenvalue weighted by Crippen LogP contribution is 2.12. The van der Waals surface area contributed by atoms with E-state index in [9.17, 15) is 9.59 Å². The number of carbonyl (C=O) groups excluding carboxylic acids is 1. The van der Waals surface area contributed by atoms with Crippen LogP contribution in [0.5, 0.6) is 0 Å². The Hall–Kier alpha value is -2.11. The van der Waals surface area contributed by atoms with Gasteiger partial charge in [-0.2, -0.15) is 0 Å². The molecular weight excluding hydrogens is 224 g/mol. The minimum Gasteiger partial charge on any atom is -0.479 e. The number of carboxylic acids is 1. The summed E-state index contributed by atoms with van der Waals surface area (Å²) in [4.78, 5) is 26.3. The molecule has 0 aliphatic rings. The molecule has 6 heteroatoms. The maximum atomic E-state index is 11.7. The summed E-state index contributed by atoms with van der Waals surface area (Å²) in [7, 11) is 0. The van der Waals surface area contributed by atoms with Crippen molar-refractivity contribution in [2.45, 2.75) is 26.4 Å². The van der Waals surface area contributed by atoms with Crippen LogP contribution in [0.1, 0.15) is 29.4 Å². The molecule has 1 atom stereocenters. The molecular formula is C11H14N2O4. The number of pyridine rings is 1. The third-order valence-corrected chi connectivity index (χ3v) is 2.22. The number of aryl methyl sites for hydroxylation is 1. The lowest BCUT2D eigenvalue weighted by atomic mass is 10.2. The van der Waals surface area contributed by atoms with E-state index in [1.807, 2.05) is 0 Å². The van der Waals surface area contributed by atoms with Gasteiger partial charge in [-0.05, 0) is 19.4 Å². The fourth-order valence-electron chi connectivity index (χ4n) is 1.26. The number of hydrogen-bond donors (Lipinski definition) is 2. The number of aliphatic carboxylic acids is 1. The van der Waals surface area contributed by atoms with Crippen molar-refractivity contribution in [3.05, 3.63) is 23.5 Å². The van der Waals surface area contributed by atoms with Crippen molar-refractivity contribution >= 4 is 17.6 Å². The Kier molecular flexibility index (Phi) is 4.03. The Morgan fingerprint density at radius 3 is 2.76 bits per heavy atom. The molecule has 3 N–H and O–H groups in total. The molecule has 0 saturated heterocycles. The Morgan fingerprint density at radius 2 is 2.24 bits per heavy atom. The van der Waals surface area contributed by atoms with Crippen LogP contribution in [0.3, 0.4) is 0 Å². The number of rotatable bonds is 4. The Labute approximate surface area is 98.4 Å². The molecule has 92 valence electrons. The van der Waals surface area contributed by atoms with E-state index in [1.165, 1.54) is 12.3 Å². The first-order valence-electron chi connectivity index (χ1n) is 5.11. The standard InChI is InChI=1S/C11H14N2O4/c1-3-9(10(14)15)17-11(16)8-4-7(12)5-13-6(8)2/h4-5,9H,3,12H2,1-2H3,(H,14,15). The zero-order chi connectivity index (χ0) is 13.0. The average molecular weight is 238 g/mol. The van der Waals surface area contributed by atoms with Crippen LogP contribution < -0.4 is 5.73 Å². The van der Waals surface area contributed by atoms with Gasteiger partial charge in [-0.15, -0.1) is 0 Å². The summed E-state index contributed by atoms with van der Waals surface area (Å²) < 4.78 is 4.85. The van der Waals surface area contributed by atoms with Gasteiger partial charge in [-0.3, -0.25) is 4.98 Å². The third-order valence-electron chi connectivity index (χ3n) is 2.22. The van der Waals surface area contributed by atoms with Crippen LogP contribution in [0.2, 0.25) is 0 Å². The van der Waals surface area contributed by atoms with Crippen molar-refractivity contribution in [3.8, 4) is 0 Å². The van der Waals surface area contributed by atoms with E-state index in [0.29, 0.717) is 11.4 Å². The van der Waals surface area contributed by atoms with Crippen molar-refractivity contribution in [3.63, 3.8) is 0 Å². The molecule has 0 radical (unpaired) electrons. The lowest BCUT2D eigenvalue weighted by Gasteiger charge is -2.12. The normalized spacial score (nSPS) is 11.9. The van der Waals surface area contributed by atoms with Gasteiger partial charge in [-0.1, -0.05) is 6.92 Å². The minimum absolute atomic E-state index is 0.185. The van der Waals surface area contributed by atoms with E-state index < -0.39 is 18.0 Å². The summed E-state index contributed by atoms with van der Waals surface area (Å²) in [5.74, 6) is -1.90. The van der Waals surface area contributed by atoms with E-state index in [-0.39, 0.29) is 12.0 Å². The maximum absolute atomic E-state index is 11.7. The van der Waals surface area contributed by atoms with Crippen LogP contribution in [0.15, 0.2) is 12.3 Å². The van der Waals surface area contributed by atoms with E-state index >= 15 is 0 Å². The topological polar surface area (TPSA) is 103 Å². The smallest absolute Gasteiger partial charge is 0.345 e. The molecule has 0 amide bonds. The quantitative estimate of drug-likeness (QED) is 0.758. The second kappa shape index (κ2) is 5.29. The van der Waals surface area contributed by atoms with Gasteiger partial charge < -0.3 is 15.6 Å². The molecule has 17 heavy (non-hydrogen) atoms. The fraction of sp³-hybridized carbons (Fsp3) is 0.364. The molecule has 1 aromatic heterocycles. The number of anilines is 1. The van der Waals surface area contributed by atoms with Gasteiger partial charge in [0.2, 0.25) is 0 Å². The van der Waals surface area contributed by atoms with Gasteiger partial charge in [0, 0.05) is 0 Å². The van der Waals surface area contributed by atoms with Crippen molar-refractivity contribution in [2.24, 2.45) is 0 Å². The largest absolute Gasteiger partial charge is 0.479 e. The van der Waals surface area contributed by atoms with Crippen LogP contribution in [-0.4, -0.2) is 28.1 Å². The van der Waals surface area contributed by atoms with Crippen molar-refractivity contribution in [2.75, 3.05) is 5.73 Å². The molecule has 0 bridgehead atoms. The van der Waals surface area contributed by atoms with Crippen LogP contribution in [0.25, 0.3) is 0 Å². The second-order valence-corrected chi connectivity index (χ2v) is 3.54. The number of esters is 1.